The lowest BCUT2D eigenvalue weighted by atomic mass is 10.2. The topological polar surface area (TPSA) is 89.0 Å². The number of nitrogens with two attached hydrogens (primary N) is 1. The molecule has 0 aliphatic carbocycles. The quantitative estimate of drug-likeness (QED) is 0.410. The van der Waals surface area contributed by atoms with Crippen molar-refractivity contribution in [1.82, 2.24) is 4.90 Å². The molecule has 0 heterocycles. The summed E-state index contributed by atoms with van der Waals surface area (Å²) in [6.07, 6.45) is 0. The van der Waals surface area contributed by atoms with E-state index in [0.29, 0.717) is 0 Å². The van der Waals surface area contributed by atoms with E-state index in [4.69, 9.17) is 16.6 Å². The SMILES string of the molecule is Cc1ccccc1NC(=N)N(C)C(=N)N. The van der Waals surface area contributed by atoms with Gasteiger partial charge in [-0.3, -0.25) is 15.7 Å². The molecule has 0 fully saturated rings. The molecule has 5 heteroatoms. The van der Waals surface area contributed by atoms with Crippen molar-refractivity contribution >= 4 is 17.6 Å². The number of anilines is 1. The Balaban J connectivity index is 2.75. The van der Waals surface area contributed by atoms with Crippen LogP contribution in [-0.2, 0) is 0 Å². The van der Waals surface area contributed by atoms with Gasteiger partial charge in [-0.25, -0.2) is 0 Å². The fourth-order valence-electron chi connectivity index (χ4n) is 1.05. The van der Waals surface area contributed by atoms with Gasteiger partial charge in [-0.2, -0.15) is 0 Å². The van der Waals surface area contributed by atoms with E-state index < -0.39 is 0 Å². The molecule has 1 rings (SSSR count). The van der Waals surface area contributed by atoms with Crippen molar-refractivity contribution in [3.63, 3.8) is 0 Å². The van der Waals surface area contributed by atoms with Crippen LogP contribution in [0, 0.1) is 17.7 Å². The van der Waals surface area contributed by atoms with E-state index in [2.05, 4.69) is 5.32 Å². The zero-order chi connectivity index (χ0) is 11.4. The molecular formula is C10H15N5. The van der Waals surface area contributed by atoms with Gasteiger partial charge in [0.2, 0.25) is 5.96 Å². The summed E-state index contributed by atoms with van der Waals surface area (Å²) >= 11 is 0. The Morgan fingerprint density at radius 2 is 1.93 bits per heavy atom. The van der Waals surface area contributed by atoms with Gasteiger partial charge >= 0.3 is 0 Å². The van der Waals surface area contributed by atoms with Gasteiger partial charge in [0.25, 0.3) is 0 Å². The first-order chi connectivity index (χ1) is 7.02. The van der Waals surface area contributed by atoms with E-state index in [1.807, 2.05) is 31.2 Å². The summed E-state index contributed by atoms with van der Waals surface area (Å²) < 4.78 is 0. The Morgan fingerprint density at radius 1 is 1.33 bits per heavy atom. The summed E-state index contributed by atoms with van der Waals surface area (Å²) in [5.74, 6) is -0.0853. The van der Waals surface area contributed by atoms with Crippen LogP contribution in [0.5, 0.6) is 0 Å². The third kappa shape index (κ3) is 2.70. The Kier molecular flexibility index (Phi) is 3.28. The molecule has 0 radical (unpaired) electrons. The summed E-state index contributed by atoms with van der Waals surface area (Å²) in [4.78, 5) is 1.26. The Labute approximate surface area is 88.9 Å². The first-order valence-electron chi connectivity index (χ1n) is 4.51. The number of benzene rings is 1. The van der Waals surface area contributed by atoms with Crippen LogP contribution in [0.2, 0.25) is 0 Å². The van der Waals surface area contributed by atoms with Crippen LogP contribution in [0.3, 0.4) is 0 Å². The van der Waals surface area contributed by atoms with Crippen LogP contribution >= 0.6 is 0 Å². The van der Waals surface area contributed by atoms with Gasteiger partial charge in [0.1, 0.15) is 0 Å². The molecule has 0 aliphatic rings. The van der Waals surface area contributed by atoms with Crippen molar-refractivity contribution in [3.05, 3.63) is 29.8 Å². The molecule has 5 nitrogen and oxygen atoms in total. The van der Waals surface area contributed by atoms with Gasteiger partial charge in [0.05, 0.1) is 0 Å². The number of nitrogens with zero attached hydrogens (tertiary/aromatic N) is 1. The lowest BCUT2D eigenvalue weighted by Gasteiger charge is -2.19. The van der Waals surface area contributed by atoms with Crippen molar-refractivity contribution in [3.8, 4) is 0 Å². The molecule has 0 amide bonds. The first kappa shape index (κ1) is 11.0. The van der Waals surface area contributed by atoms with Crippen LogP contribution in [0.1, 0.15) is 5.56 Å². The molecule has 0 spiro atoms. The van der Waals surface area contributed by atoms with Gasteiger partial charge in [-0.05, 0) is 18.6 Å². The highest BCUT2D eigenvalue weighted by Crippen LogP contribution is 2.12. The monoisotopic (exact) mass is 205 g/mol. The Morgan fingerprint density at radius 3 is 2.47 bits per heavy atom. The lowest BCUT2D eigenvalue weighted by molar-refractivity contribution is 0.724. The number of rotatable bonds is 1. The summed E-state index contributed by atoms with van der Waals surface area (Å²) in [7, 11) is 1.57. The molecule has 0 unspecified atom stereocenters. The standard InChI is InChI=1S/C10H15N5/c1-7-5-3-4-6-8(7)14-10(13)15(2)9(11)12/h3-6H,1-2H3,(H3,11,12)(H2,13,14). The van der Waals surface area contributed by atoms with Gasteiger partial charge in [0.15, 0.2) is 5.96 Å². The van der Waals surface area contributed by atoms with Crippen LogP contribution in [0.4, 0.5) is 5.69 Å². The van der Waals surface area contributed by atoms with E-state index in [1.54, 1.807) is 7.05 Å². The molecule has 0 aliphatic heterocycles. The van der Waals surface area contributed by atoms with E-state index in [1.165, 1.54) is 4.90 Å². The molecule has 15 heavy (non-hydrogen) atoms. The molecule has 0 aromatic heterocycles. The molecular weight excluding hydrogens is 190 g/mol. The second kappa shape index (κ2) is 4.45. The predicted molar refractivity (Wildman–Crippen MR) is 62.2 cm³/mol. The average Bonchev–Trinajstić information content (AvgIpc) is 2.20. The van der Waals surface area contributed by atoms with Crippen LogP contribution < -0.4 is 11.1 Å². The third-order valence-electron chi connectivity index (χ3n) is 2.09. The summed E-state index contributed by atoms with van der Waals surface area (Å²) in [5, 5.41) is 17.7. The Hall–Kier alpha value is -2.04. The third-order valence-corrected chi connectivity index (χ3v) is 2.09. The maximum Gasteiger partial charge on any atom is 0.202 e. The maximum atomic E-state index is 7.65. The number of hydrogen-bond donors (Lipinski definition) is 4. The van der Waals surface area contributed by atoms with Crippen LogP contribution in [-0.4, -0.2) is 23.9 Å². The largest absolute Gasteiger partial charge is 0.370 e. The minimum absolute atomic E-state index is 0.0804. The second-order valence-electron chi connectivity index (χ2n) is 3.23. The van der Waals surface area contributed by atoms with E-state index in [0.717, 1.165) is 11.3 Å². The van der Waals surface area contributed by atoms with E-state index in [-0.39, 0.29) is 11.9 Å². The van der Waals surface area contributed by atoms with Gasteiger partial charge in [-0.15, -0.1) is 0 Å². The van der Waals surface area contributed by atoms with E-state index >= 15 is 0 Å². The number of guanidine groups is 2. The lowest BCUT2D eigenvalue weighted by Crippen LogP contribution is -2.41. The summed E-state index contributed by atoms with van der Waals surface area (Å²) in [6.45, 7) is 1.95. The minimum atomic E-state index is -0.166. The molecule has 0 saturated carbocycles. The number of aryl methyl sites for hydroxylation is 1. The fourth-order valence-corrected chi connectivity index (χ4v) is 1.05. The normalized spacial score (nSPS) is 9.47. The predicted octanol–water partition coefficient (Wildman–Crippen LogP) is 1.17. The number of para-hydroxylation sites is 1. The van der Waals surface area contributed by atoms with Crippen molar-refractivity contribution in [2.75, 3.05) is 12.4 Å². The summed E-state index contributed by atoms with van der Waals surface area (Å²) in [6, 6.07) is 7.64. The molecule has 0 saturated heterocycles. The molecule has 80 valence electrons. The van der Waals surface area contributed by atoms with Gasteiger partial charge < -0.3 is 11.1 Å². The van der Waals surface area contributed by atoms with Crippen LogP contribution in [0.25, 0.3) is 0 Å². The van der Waals surface area contributed by atoms with Crippen molar-refractivity contribution < 1.29 is 0 Å². The maximum absolute atomic E-state index is 7.65. The highest BCUT2D eigenvalue weighted by Gasteiger charge is 2.07. The Bertz CT molecular complexity index is 385. The average molecular weight is 205 g/mol. The first-order valence-corrected chi connectivity index (χ1v) is 4.51. The second-order valence-corrected chi connectivity index (χ2v) is 3.23. The van der Waals surface area contributed by atoms with Crippen molar-refractivity contribution in [2.45, 2.75) is 6.92 Å². The molecule has 1 aromatic rings. The van der Waals surface area contributed by atoms with Crippen molar-refractivity contribution in [1.29, 1.82) is 10.8 Å². The molecule has 0 atom stereocenters. The highest BCUT2D eigenvalue weighted by molar-refractivity contribution is 6.02. The zero-order valence-electron chi connectivity index (χ0n) is 8.83. The number of hydrogen-bond acceptors (Lipinski definition) is 2. The number of nitrogens with one attached hydrogen (secondary N) is 3. The minimum Gasteiger partial charge on any atom is -0.370 e. The smallest absolute Gasteiger partial charge is 0.202 e. The molecule has 5 N–H and O–H groups in total. The fraction of sp³-hybridized carbons (Fsp3) is 0.200. The molecule has 1 aromatic carbocycles. The van der Waals surface area contributed by atoms with E-state index in [9.17, 15) is 0 Å². The van der Waals surface area contributed by atoms with Gasteiger partial charge in [0, 0.05) is 12.7 Å². The zero-order valence-corrected chi connectivity index (χ0v) is 8.83. The molecule has 0 bridgehead atoms. The highest BCUT2D eigenvalue weighted by atomic mass is 15.3. The van der Waals surface area contributed by atoms with Crippen LogP contribution in [0.15, 0.2) is 24.3 Å². The summed E-state index contributed by atoms with van der Waals surface area (Å²) in [5.41, 5.74) is 7.14. The van der Waals surface area contributed by atoms with Gasteiger partial charge in [-0.1, -0.05) is 18.2 Å². The van der Waals surface area contributed by atoms with Crippen molar-refractivity contribution in [2.24, 2.45) is 5.73 Å².